The van der Waals surface area contributed by atoms with Gasteiger partial charge in [0, 0.05) is 10.9 Å². The maximum Gasteiger partial charge on any atom is 0.141 e. The summed E-state index contributed by atoms with van der Waals surface area (Å²) >= 11 is 9.07. The maximum atomic E-state index is 13.0. The van der Waals surface area contributed by atoms with Crippen LogP contribution < -0.4 is 0 Å². The molecule has 2 aromatic rings. The molecule has 1 nitrogen and oxygen atoms in total. The Morgan fingerprint density at radius 1 is 1.22 bits per heavy atom. The molecule has 2 rings (SSSR count). The van der Waals surface area contributed by atoms with E-state index < -0.39 is 11.9 Å². The number of hydrogen-bond acceptors (Lipinski definition) is 1. The number of benzene rings is 2. The molecular formula is C14H11BrClFO. The molecule has 0 saturated heterocycles. The molecule has 0 radical (unpaired) electrons. The van der Waals surface area contributed by atoms with E-state index in [2.05, 4.69) is 15.9 Å². The summed E-state index contributed by atoms with van der Waals surface area (Å²) in [6, 6.07) is 12.0. The third-order valence-electron chi connectivity index (χ3n) is 2.65. The van der Waals surface area contributed by atoms with Crippen LogP contribution in [-0.2, 0) is 6.42 Å². The van der Waals surface area contributed by atoms with E-state index in [4.69, 9.17) is 11.6 Å². The Bertz CT molecular complexity index is 559. The molecule has 4 heteroatoms. The molecule has 0 bridgehead atoms. The van der Waals surface area contributed by atoms with E-state index in [0.717, 1.165) is 10.0 Å². The minimum Gasteiger partial charge on any atom is -0.388 e. The van der Waals surface area contributed by atoms with Gasteiger partial charge < -0.3 is 5.11 Å². The van der Waals surface area contributed by atoms with E-state index in [1.807, 2.05) is 24.3 Å². The molecule has 0 heterocycles. The Hall–Kier alpha value is -0.900. The minimum atomic E-state index is -0.697. The zero-order chi connectivity index (χ0) is 13.1. The van der Waals surface area contributed by atoms with E-state index in [9.17, 15) is 9.50 Å². The summed E-state index contributed by atoms with van der Waals surface area (Å²) < 4.78 is 14.0. The first kappa shape index (κ1) is 13.5. The summed E-state index contributed by atoms with van der Waals surface area (Å²) in [7, 11) is 0. The molecule has 94 valence electrons. The van der Waals surface area contributed by atoms with E-state index in [1.54, 1.807) is 6.07 Å². The molecule has 1 N–H and O–H groups in total. The van der Waals surface area contributed by atoms with Crippen molar-refractivity contribution >= 4 is 27.5 Å². The van der Waals surface area contributed by atoms with Crippen LogP contribution in [0.15, 0.2) is 46.9 Å². The van der Waals surface area contributed by atoms with Gasteiger partial charge in [0.25, 0.3) is 0 Å². The van der Waals surface area contributed by atoms with Crippen molar-refractivity contribution in [3.05, 3.63) is 68.9 Å². The van der Waals surface area contributed by atoms with Crippen LogP contribution in [0.3, 0.4) is 0 Å². The van der Waals surface area contributed by atoms with Gasteiger partial charge in [0.05, 0.1) is 11.1 Å². The first-order valence-electron chi connectivity index (χ1n) is 5.44. The predicted octanol–water partition coefficient (Wildman–Crippen LogP) is 4.52. The second kappa shape index (κ2) is 5.83. The van der Waals surface area contributed by atoms with Crippen LogP contribution >= 0.6 is 27.5 Å². The van der Waals surface area contributed by atoms with Crippen LogP contribution in [0.1, 0.15) is 17.2 Å². The van der Waals surface area contributed by atoms with Crippen LogP contribution in [0.25, 0.3) is 0 Å². The third-order valence-corrected chi connectivity index (χ3v) is 3.43. The second-order valence-corrected chi connectivity index (χ2v) is 5.35. The fraction of sp³-hybridized carbons (Fsp3) is 0.143. The lowest BCUT2D eigenvalue weighted by Crippen LogP contribution is -2.02. The molecule has 0 aliphatic carbocycles. The summed E-state index contributed by atoms with van der Waals surface area (Å²) in [4.78, 5) is 0. The highest BCUT2D eigenvalue weighted by Gasteiger charge is 2.11. The molecule has 2 aromatic carbocycles. The van der Waals surface area contributed by atoms with Gasteiger partial charge in [-0.3, -0.25) is 0 Å². The number of hydrogen-bond donors (Lipinski definition) is 1. The van der Waals surface area contributed by atoms with E-state index in [1.165, 1.54) is 12.1 Å². The van der Waals surface area contributed by atoms with Crippen LogP contribution in [0, 0.1) is 5.82 Å². The minimum absolute atomic E-state index is 0.0285. The van der Waals surface area contributed by atoms with E-state index >= 15 is 0 Å². The molecule has 0 aliphatic heterocycles. The Kier molecular flexibility index (Phi) is 4.38. The predicted molar refractivity (Wildman–Crippen MR) is 74.2 cm³/mol. The lowest BCUT2D eigenvalue weighted by atomic mass is 10.0. The molecule has 0 spiro atoms. The van der Waals surface area contributed by atoms with Crippen molar-refractivity contribution in [2.24, 2.45) is 0 Å². The molecule has 1 atom stereocenters. The number of rotatable bonds is 3. The third kappa shape index (κ3) is 3.31. The van der Waals surface area contributed by atoms with Gasteiger partial charge >= 0.3 is 0 Å². The van der Waals surface area contributed by atoms with Gasteiger partial charge in [0.15, 0.2) is 0 Å². The summed E-state index contributed by atoms with van der Waals surface area (Å²) in [5, 5.41) is 10.1. The average Bonchev–Trinajstić information content (AvgIpc) is 2.32. The average molecular weight is 330 g/mol. The smallest absolute Gasteiger partial charge is 0.141 e. The molecule has 0 amide bonds. The fourth-order valence-electron chi connectivity index (χ4n) is 1.72. The Labute approximate surface area is 118 Å². The fourth-order valence-corrected chi connectivity index (χ4v) is 2.36. The van der Waals surface area contributed by atoms with Gasteiger partial charge in [-0.25, -0.2) is 4.39 Å². The normalized spacial score (nSPS) is 12.4. The van der Waals surface area contributed by atoms with Gasteiger partial charge in [-0.15, -0.1) is 0 Å². The maximum absolute atomic E-state index is 13.0. The first-order valence-corrected chi connectivity index (χ1v) is 6.61. The topological polar surface area (TPSA) is 20.2 Å². The standard InChI is InChI=1S/C14H11BrClFO/c15-11-3-1-2-9(6-11)7-14(18)10-4-5-13(17)12(16)8-10/h1-6,8,14,18H,7H2. The summed E-state index contributed by atoms with van der Waals surface area (Å²) in [5.41, 5.74) is 1.61. The van der Waals surface area contributed by atoms with Crippen LogP contribution in [-0.4, -0.2) is 5.11 Å². The summed E-state index contributed by atoms with van der Waals surface area (Å²) in [6.45, 7) is 0. The van der Waals surface area contributed by atoms with Crippen molar-refractivity contribution in [1.29, 1.82) is 0 Å². The zero-order valence-electron chi connectivity index (χ0n) is 9.41. The summed E-state index contributed by atoms with van der Waals surface area (Å²) in [6.07, 6.45) is -0.237. The number of halogens is 3. The van der Waals surface area contributed by atoms with E-state index in [0.29, 0.717) is 12.0 Å². The molecule has 0 fully saturated rings. The van der Waals surface area contributed by atoms with Crippen LogP contribution in [0.2, 0.25) is 5.02 Å². The summed E-state index contributed by atoms with van der Waals surface area (Å²) in [5.74, 6) is -0.477. The van der Waals surface area contributed by atoms with Crippen molar-refractivity contribution in [2.45, 2.75) is 12.5 Å². The van der Waals surface area contributed by atoms with Crippen LogP contribution in [0.4, 0.5) is 4.39 Å². The molecular weight excluding hydrogens is 319 g/mol. The van der Waals surface area contributed by atoms with Crippen molar-refractivity contribution in [3.63, 3.8) is 0 Å². The van der Waals surface area contributed by atoms with Gasteiger partial charge in [-0.1, -0.05) is 45.7 Å². The Morgan fingerprint density at radius 2 is 2.00 bits per heavy atom. The van der Waals surface area contributed by atoms with Crippen LogP contribution in [0.5, 0.6) is 0 Å². The lowest BCUT2D eigenvalue weighted by Gasteiger charge is -2.12. The highest BCUT2D eigenvalue weighted by molar-refractivity contribution is 9.10. The lowest BCUT2D eigenvalue weighted by molar-refractivity contribution is 0.178. The monoisotopic (exact) mass is 328 g/mol. The Morgan fingerprint density at radius 3 is 2.67 bits per heavy atom. The quantitative estimate of drug-likeness (QED) is 0.878. The van der Waals surface area contributed by atoms with Crippen molar-refractivity contribution < 1.29 is 9.50 Å². The Balaban J connectivity index is 2.16. The zero-order valence-corrected chi connectivity index (χ0v) is 11.7. The van der Waals surface area contributed by atoms with Gasteiger partial charge in [-0.2, -0.15) is 0 Å². The van der Waals surface area contributed by atoms with Crippen molar-refractivity contribution in [1.82, 2.24) is 0 Å². The molecule has 0 saturated carbocycles. The molecule has 1 unspecified atom stereocenters. The molecule has 0 aliphatic rings. The first-order chi connectivity index (χ1) is 8.56. The van der Waals surface area contributed by atoms with Gasteiger partial charge in [-0.05, 0) is 35.4 Å². The van der Waals surface area contributed by atoms with Gasteiger partial charge in [0.1, 0.15) is 5.82 Å². The van der Waals surface area contributed by atoms with Crippen molar-refractivity contribution in [3.8, 4) is 0 Å². The highest BCUT2D eigenvalue weighted by atomic mass is 79.9. The largest absolute Gasteiger partial charge is 0.388 e. The SMILES string of the molecule is OC(Cc1cccc(Br)c1)c1ccc(F)c(Cl)c1. The molecule has 18 heavy (non-hydrogen) atoms. The highest BCUT2D eigenvalue weighted by Crippen LogP contribution is 2.24. The van der Waals surface area contributed by atoms with E-state index in [-0.39, 0.29) is 5.02 Å². The van der Waals surface area contributed by atoms with Gasteiger partial charge in [0.2, 0.25) is 0 Å². The van der Waals surface area contributed by atoms with Crippen molar-refractivity contribution in [2.75, 3.05) is 0 Å². The number of aliphatic hydroxyl groups is 1. The second-order valence-electron chi connectivity index (χ2n) is 4.02. The molecule has 0 aromatic heterocycles. The number of aliphatic hydroxyl groups excluding tert-OH is 1.